The van der Waals surface area contributed by atoms with Crippen LogP contribution in [-0.2, 0) is 4.79 Å². The lowest BCUT2D eigenvalue weighted by Crippen LogP contribution is -2.41. The third kappa shape index (κ3) is 5.17. The van der Waals surface area contributed by atoms with Gasteiger partial charge in [-0.2, -0.15) is 0 Å². The monoisotopic (exact) mass is 294 g/mol. The van der Waals surface area contributed by atoms with Gasteiger partial charge >= 0.3 is 0 Å². The molecule has 0 heterocycles. The molecule has 4 nitrogen and oxygen atoms in total. The van der Waals surface area contributed by atoms with E-state index in [9.17, 15) is 4.79 Å². The fourth-order valence-electron chi connectivity index (χ4n) is 1.85. The number of thiocarbonyl (C=S) groups is 1. The van der Waals surface area contributed by atoms with Gasteiger partial charge in [-0.25, -0.2) is 0 Å². The first-order valence-corrected chi connectivity index (χ1v) is 7.21. The molecular formula is C15H22N2O2S. The minimum absolute atomic E-state index is 0.119. The number of hydrogen-bond acceptors (Lipinski definition) is 3. The smallest absolute Gasteiger partial charge is 0.260 e. The van der Waals surface area contributed by atoms with Crippen molar-refractivity contribution in [2.24, 2.45) is 5.73 Å². The highest BCUT2D eigenvalue weighted by Crippen LogP contribution is 2.15. The molecule has 1 amide bonds. The van der Waals surface area contributed by atoms with Crippen LogP contribution < -0.4 is 15.8 Å². The summed E-state index contributed by atoms with van der Waals surface area (Å²) in [6.07, 6.45) is 1.43. The number of rotatable bonds is 7. The van der Waals surface area contributed by atoms with Crippen LogP contribution in [0.15, 0.2) is 24.3 Å². The van der Waals surface area contributed by atoms with Crippen molar-refractivity contribution >= 4 is 23.1 Å². The summed E-state index contributed by atoms with van der Waals surface area (Å²) in [7, 11) is 0. The minimum atomic E-state index is -0.559. The van der Waals surface area contributed by atoms with Gasteiger partial charge in [-0.15, -0.1) is 0 Å². The summed E-state index contributed by atoms with van der Waals surface area (Å²) in [5.74, 6) is 0.466. The zero-order valence-corrected chi connectivity index (χ0v) is 13.0. The van der Waals surface area contributed by atoms with E-state index in [1.165, 1.54) is 0 Å². The van der Waals surface area contributed by atoms with Gasteiger partial charge in [0, 0.05) is 11.6 Å². The molecule has 2 unspecified atom stereocenters. The number of hydrogen-bond donors (Lipinski definition) is 2. The molecule has 0 bridgehead atoms. The van der Waals surface area contributed by atoms with Crippen LogP contribution in [-0.4, -0.2) is 23.0 Å². The van der Waals surface area contributed by atoms with E-state index in [-0.39, 0.29) is 11.9 Å². The summed E-state index contributed by atoms with van der Waals surface area (Å²) in [5, 5.41) is 2.92. The Bertz CT molecular complexity index is 477. The third-order valence-corrected chi connectivity index (χ3v) is 3.15. The summed E-state index contributed by atoms with van der Waals surface area (Å²) in [5.41, 5.74) is 6.30. The lowest BCUT2D eigenvalue weighted by Gasteiger charge is -2.18. The SMILES string of the molecule is CCCC(C)NC(=O)C(C)Oc1cccc(C(N)=S)c1. The van der Waals surface area contributed by atoms with Crippen molar-refractivity contribution in [2.75, 3.05) is 0 Å². The van der Waals surface area contributed by atoms with Crippen LogP contribution in [0.4, 0.5) is 0 Å². The Morgan fingerprint density at radius 1 is 1.45 bits per heavy atom. The number of amides is 1. The Kier molecular flexibility index (Phi) is 6.45. The Morgan fingerprint density at radius 3 is 2.75 bits per heavy atom. The van der Waals surface area contributed by atoms with E-state index in [0.717, 1.165) is 18.4 Å². The Hall–Kier alpha value is -1.62. The largest absolute Gasteiger partial charge is 0.481 e. The quantitative estimate of drug-likeness (QED) is 0.758. The summed E-state index contributed by atoms with van der Waals surface area (Å²) in [6, 6.07) is 7.28. The fourth-order valence-corrected chi connectivity index (χ4v) is 1.97. The van der Waals surface area contributed by atoms with E-state index in [2.05, 4.69) is 12.2 Å². The maximum atomic E-state index is 12.0. The van der Waals surface area contributed by atoms with E-state index >= 15 is 0 Å². The van der Waals surface area contributed by atoms with Crippen molar-refractivity contribution in [3.63, 3.8) is 0 Å². The predicted octanol–water partition coefficient (Wildman–Crippen LogP) is 2.39. The third-order valence-electron chi connectivity index (χ3n) is 2.91. The lowest BCUT2D eigenvalue weighted by atomic mass is 10.2. The van der Waals surface area contributed by atoms with Crippen molar-refractivity contribution in [3.05, 3.63) is 29.8 Å². The summed E-state index contributed by atoms with van der Waals surface area (Å²) >= 11 is 4.92. The second kappa shape index (κ2) is 7.85. The number of nitrogens with two attached hydrogens (primary N) is 1. The molecule has 110 valence electrons. The fraction of sp³-hybridized carbons (Fsp3) is 0.467. The molecule has 0 radical (unpaired) electrons. The number of benzene rings is 1. The first kappa shape index (κ1) is 16.4. The van der Waals surface area contributed by atoms with Crippen LogP contribution >= 0.6 is 12.2 Å². The van der Waals surface area contributed by atoms with E-state index in [4.69, 9.17) is 22.7 Å². The van der Waals surface area contributed by atoms with Gasteiger partial charge in [-0.3, -0.25) is 4.79 Å². The average Bonchev–Trinajstić information content (AvgIpc) is 2.39. The maximum Gasteiger partial charge on any atom is 0.260 e. The Labute approximate surface area is 125 Å². The minimum Gasteiger partial charge on any atom is -0.481 e. The summed E-state index contributed by atoms with van der Waals surface area (Å²) in [6.45, 7) is 5.80. The van der Waals surface area contributed by atoms with Gasteiger partial charge in [-0.1, -0.05) is 37.7 Å². The van der Waals surface area contributed by atoms with Crippen molar-refractivity contribution < 1.29 is 9.53 Å². The average molecular weight is 294 g/mol. The van der Waals surface area contributed by atoms with Gasteiger partial charge in [0.05, 0.1) is 0 Å². The van der Waals surface area contributed by atoms with Crippen molar-refractivity contribution in [3.8, 4) is 5.75 Å². The zero-order valence-electron chi connectivity index (χ0n) is 12.2. The molecule has 3 N–H and O–H groups in total. The lowest BCUT2D eigenvalue weighted by molar-refractivity contribution is -0.127. The second-order valence-electron chi connectivity index (χ2n) is 4.85. The van der Waals surface area contributed by atoms with Crippen molar-refractivity contribution in [2.45, 2.75) is 45.8 Å². The van der Waals surface area contributed by atoms with E-state index < -0.39 is 6.10 Å². The van der Waals surface area contributed by atoms with Gasteiger partial charge in [0.25, 0.3) is 5.91 Å². The van der Waals surface area contributed by atoms with Gasteiger partial charge < -0.3 is 15.8 Å². The van der Waals surface area contributed by atoms with Crippen LogP contribution in [0.25, 0.3) is 0 Å². The molecule has 0 aliphatic carbocycles. The first-order valence-electron chi connectivity index (χ1n) is 6.81. The predicted molar refractivity (Wildman–Crippen MR) is 84.9 cm³/mol. The molecule has 0 aliphatic heterocycles. The van der Waals surface area contributed by atoms with Crippen LogP contribution in [0, 0.1) is 0 Å². The van der Waals surface area contributed by atoms with Gasteiger partial charge in [0.15, 0.2) is 6.10 Å². The van der Waals surface area contributed by atoms with Crippen LogP contribution in [0.2, 0.25) is 0 Å². The summed E-state index contributed by atoms with van der Waals surface area (Å²) < 4.78 is 5.62. The van der Waals surface area contributed by atoms with E-state index in [1.54, 1.807) is 25.1 Å². The molecule has 5 heteroatoms. The molecule has 20 heavy (non-hydrogen) atoms. The standard InChI is InChI=1S/C15H22N2O2S/c1-4-6-10(2)17-15(18)11(3)19-13-8-5-7-12(9-13)14(16)20/h5,7-11H,4,6H2,1-3H3,(H2,16,20)(H,17,18). The van der Waals surface area contributed by atoms with Crippen LogP contribution in [0.5, 0.6) is 5.75 Å². The molecule has 0 fully saturated rings. The van der Waals surface area contributed by atoms with Gasteiger partial charge in [-0.05, 0) is 32.4 Å². The molecular weight excluding hydrogens is 272 g/mol. The Morgan fingerprint density at radius 2 is 2.15 bits per heavy atom. The Balaban J connectivity index is 2.61. The molecule has 0 saturated heterocycles. The zero-order chi connectivity index (χ0) is 15.1. The van der Waals surface area contributed by atoms with Gasteiger partial charge in [0.2, 0.25) is 0 Å². The maximum absolute atomic E-state index is 12.0. The molecule has 0 spiro atoms. The van der Waals surface area contributed by atoms with Crippen LogP contribution in [0.1, 0.15) is 39.2 Å². The molecule has 1 aromatic carbocycles. The first-order chi connectivity index (χ1) is 9.43. The normalized spacial score (nSPS) is 13.3. The highest BCUT2D eigenvalue weighted by Gasteiger charge is 2.16. The molecule has 1 rings (SSSR count). The van der Waals surface area contributed by atoms with E-state index in [1.807, 2.05) is 13.0 Å². The number of ether oxygens (including phenoxy) is 1. The van der Waals surface area contributed by atoms with Gasteiger partial charge in [0.1, 0.15) is 10.7 Å². The topological polar surface area (TPSA) is 64.3 Å². The number of carbonyl (C=O) groups is 1. The van der Waals surface area contributed by atoms with E-state index in [0.29, 0.717) is 10.7 Å². The highest BCUT2D eigenvalue weighted by molar-refractivity contribution is 7.80. The number of carbonyl (C=O) groups excluding carboxylic acids is 1. The molecule has 0 aromatic heterocycles. The van der Waals surface area contributed by atoms with Crippen molar-refractivity contribution in [1.29, 1.82) is 0 Å². The molecule has 1 aromatic rings. The molecule has 0 aliphatic rings. The molecule has 2 atom stereocenters. The summed E-state index contributed by atoms with van der Waals surface area (Å²) in [4.78, 5) is 12.3. The number of nitrogens with one attached hydrogen (secondary N) is 1. The van der Waals surface area contributed by atoms with Crippen molar-refractivity contribution in [1.82, 2.24) is 5.32 Å². The molecule has 0 saturated carbocycles. The highest BCUT2D eigenvalue weighted by atomic mass is 32.1. The second-order valence-corrected chi connectivity index (χ2v) is 5.29. The van der Waals surface area contributed by atoms with Crippen LogP contribution in [0.3, 0.4) is 0 Å².